The molecule has 0 aliphatic heterocycles. The van der Waals surface area contributed by atoms with Crippen LogP contribution in [0.3, 0.4) is 0 Å². The highest BCUT2D eigenvalue weighted by atomic mass is 127. The molecule has 2 aromatic carbocycles. The second kappa shape index (κ2) is 7.24. The van der Waals surface area contributed by atoms with Crippen LogP contribution in [-0.2, 0) is 11.0 Å². The maximum atomic E-state index is 8.95. The normalized spacial score (nSPS) is 10.3. The molecule has 1 aromatic heterocycles. The van der Waals surface area contributed by atoms with Crippen molar-refractivity contribution in [3.63, 3.8) is 0 Å². The Balaban J connectivity index is 1.94. The van der Waals surface area contributed by atoms with E-state index >= 15 is 0 Å². The van der Waals surface area contributed by atoms with Crippen molar-refractivity contribution in [2.45, 2.75) is 11.0 Å². The zero-order valence-corrected chi connectivity index (χ0v) is 14.5. The van der Waals surface area contributed by atoms with Gasteiger partial charge in [0, 0.05) is 4.43 Å². The Kier molecular flexibility index (Phi) is 4.88. The van der Waals surface area contributed by atoms with Crippen LogP contribution in [0.5, 0.6) is 0 Å². The molecule has 0 aliphatic rings. The van der Waals surface area contributed by atoms with Gasteiger partial charge >= 0.3 is 0 Å². The van der Waals surface area contributed by atoms with E-state index in [1.807, 2.05) is 28.9 Å². The van der Waals surface area contributed by atoms with Crippen LogP contribution in [0.2, 0.25) is 0 Å². The Labute approximate surface area is 148 Å². The van der Waals surface area contributed by atoms with Crippen molar-refractivity contribution in [1.82, 2.24) is 14.9 Å². The Bertz CT molecular complexity index is 806. The number of rotatable bonds is 5. The summed E-state index contributed by atoms with van der Waals surface area (Å²) in [5.74, 6) is 0. The van der Waals surface area contributed by atoms with Crippen molar-refractivity contribution in [3.8, 4) is 6.07 Å². The third-order valence-corrected chi connectivity index (χ3v) is 4.34. The molecule has 114 valence electrons. The van der Waals surface area contributed by atoms with Gasteiger partial charge in [0.25, 0.3) is 0 Å². The van der Waals surface area contributed by atoms with Gasteiger partial charge in [0.1, 0.15) is 12.7 Å². The van der Waals surface area contributed by atoms with Crippen molar-refractivity contribution in [2.24, 2.45) is 0 Å². The third-order valence-electron chi connectivity index (χ3n) is 3.46. The lowest BCUT2D eigenvalue weighted by Gasteiger charge is -2.25. The van der Waals surface area contributed by atoms with Crippen LogP contribution >= 0.6 is 22.6 Å². The quantitative estimate of drug-likeness (QED) is 0.473. The molecular formula is C17H14IN5. The molecule has 3 aromatic rings. The fraction of sp³-hybridized carbons (Fsp3) is 0.118. The van der Waals surface area contributed by atoms with Crippen molar-refractivity contribution >= 4 is 28.3 Å². The first-order valence-electron chi connectivity index (χ1n) is 7.06. The number of aromatic nitrogens is 3. The Morgan fingerprint density at radius 1 is 1.04 bits per heavy atom. The molecule has 0 radical (unpaired) electrons. The van der Waals surface area contributed by atoms with Gasteiger partial charge in [-0.25, -0.2) is 4.68 Å². The van der Waals surface area contributed by atoms with E-state index in [-0.39, 0.29) is 0 Å². The van der Waals surface area contributed by atoms with Gasteiger partial charge in [-0.1, -0.05) is 46.9 Å². The van der Waals surface area contributed by atoms with Gasteiger partial charge < -0.3 is 0 Å². The maximum absolute atomic E-state index is 8.95. The molecule has 0 N–H and O–H groups in total. The highest BCUT2D eigenvalue weighted by Gasteiger charge is 2.10. The molecule has 3 rings (SSSR count). The fourth-order valence-corrected chi connectivity index (χ4v) is 2.79. The highest BCUT2D eigenvalue weighted by Crippen LogP contribution is 2.20. The minimum absolute atomic E-state index is 0.643. The second-order valence-electron chi connectivity index (χ2n) is 5.01. The van der Waals surface area contributed by atoms with Crippen LogP contribution < -0.4 is 5.01 Å². The largest absolute Gasteiger partial charge is 0.274 e. The number of alkyl halides is 1. The van der Waals surface area contributed by atoms with Crippen molar-refractivity contribution < 1.29 is 0 Å². The first-order valence-corrected chi connectivity index (χ1v) is 8.59. The number of hydrogen-bond acceptors (Lipinski definition) is 4. The zero-order valence-electron chi connectivity index (χ0n) is 12.3. The van der Waals surface area contributed by atoms with E-state index in [1.54, 1.807) is 12.7 Å². The molecule has 0 bridgehead atoms. The predicted molar refractivity (Wildman–Crippen MR) is 96.9 cm³/mol. The first-order chi connectivity index (χ1) is 11.3. The van der Waals surface area contributed by atoms with Crippen molar-refractivity contribution in [1.29, 1.82) is 5.26 Å². The molecule has 0 saturated carbocycles. The van der Waals surface area contributed by atoms with E-state index in [2.05, 4.69) is 68.1 Å². The molecule has 0 fully saturated rings. The maximum Gasteiger partial charge on any atom is 0.139 e. The van der Waals surface area contributed by atoms with Crippen molar-refractivity contribution in [2.75, 3.05) is 5.01 Å². The average Bonchev–Trinajstić information content (AvgIpc) is 3.14. The van der Waals surface area contributed by atoms with Crippen LogP contribution in [0, 0.1) is 11.3 Å². The Hall–Kier alpha value is -2.40. The van der Waals surface area contributed by atoms with Crippen LogP contribution in [0.1, 0.15) is 16.7 Å². The molecule has 0 unspecified atom stereocenters. The van der Waals surface area contributed by atoms with E-state index in [9.17, 15) is 0 Å². The summed E-state index contributed by atoms with van der Waals surface area (Å²) in [6.45, 7) is 0.689. The smallest absolute Gasteiger partial charge is 0.139 e. The SMILES string of the molecule is N#Cc1ccc(N(Cc2cccc(CI)c2)n2cnnc2)cc1. The minimum atomic E-state index is 0.643. The molecule has 23 heavy (non-hydrogen) atoms. The van der Waals surface area contributed by atoms with Crippen LogP contribution in [-0.4, -0.2) is 14.9 Å². The first kappa shape index (κ1) is 15.5. The molecule has 5 nitrogen and oxygen atoms in total. The van der Waals surface area contributed by atoms with Gasteiger partial charge in [-0.05, 0) is 35.4 Å². The number of nitrogens with zero attached hydrogens (tertiary/aromatic N) is 5. The van der Waals surface area contributed by atoms with Crippen LogP contribution in [0.15, 0.2) is 61.2 Å². The second-order valence-corrected chi connectivity index (χ2v) is 5.77. The van der Waals surface area contributed by atoms with Gasteiger partial charge in [0.15, 0.2) is 0 Å². The summed E-state index contributed by atoms with van der Waals surface area (Å²) in [6.07, 6.45) is 3.33. The summed E-state index contributed by atoms with van der Waals surface area (Å²) in [5, 5.41) is 18.8. The molecule has 6 heteroatoms. The monoisotopic (exact) mass is 415 g/mol. The van der Waals surface area contributed by atoms with Gasteiger partial charge in [-0.2, -0.15) is 5.26 Å². The molecular weight excluding hydrogens is 401 g/mol. The molecule has 0 saturated heterocycles. The summed E-state index contributed by atoms with van der Waals surface area (Å²) >= 11 is 2.36. The van der Waals surface area contributed by atoms with Crippen LogP contribution in [0.25, 0.3) is 0 Å². The highest BCUT2D eigenvalue weighted by molar-refractivity contribution is 14.1. The number of benzene rings is 2. The zero-order chi connectivity index (χ0) is 16.1. The number of nitriles is 1. The van der Waals surface area contributed by atoms with Gasteiger partial charge in [-0.15, -0.1) is 10.2 Å². The number of hydrogen-bond donors (Lipinski definition) is 0. The summed E-state index contributed by atoms with van der Waals surface area (Å²) in [4.78, 5) is 0. The standard InChI is InChI=1S/C17H14IN5/c18-9-15-2-1-3-16(8-15)11-23(22-12-20-21-13-22)17-6-4-14(10-19)5-7-17/h1-8,12-13H,9,11H2. The molecule has 0 amide bonds. The lowest BCUT2D eigenvalue weighted by atomic mass is 10.1. The van der Waals surface area contributed by atoms with E-state index in [4.69, 9.17) is 5.26 Å². The Morgan fingerprint density at radius 2 is 1.74 bits per heavy atom. The number of halogens is 1. The topological polar surface area (TPSA) is 57.7 Å². The summed E-state index contributed by atoms with van der Waals surface area (Å²) in [7, 11) is 0. The molecule has 0 spiro atoms. The predicted octanol–water partition coefficient (Wildman–Crippen LogP) is 3.55. The van der Waals surface area contributed by atoms with Gasteiger partial charge in [-0.3, -0.25) is 5.01 Å². The molecule has 0 atom stereocenters. The summed E-state index contributed by atoms with van der Waals surface area (Å²) in [5.41, 5.74) is 4.12. The van der Waals surface area contributed by atoms with E-state index in [0.29, 0.717) is 12.1 Å². The minimum Gasteiger partial charge on any atom is -0.274 e. The summed E-state index contributed by atoms with van der Waals surface area (Å²) < 4.78 is 2.83. The lowest BCUT2D eigenvalue weighted by Crippen LogP contribution is -2.27. The third kappa shape index (κ3) is 3.68. The van der Waals surface area contributed by atoms with Gasteiger partial charge in [0.2, 0.25) is 0 Å². The van der Waals surface area contributed by atoms with Crippen LogP contribution in [0.4, 0.5) is 5.69 Å². The number of anilines is 1. The fourth-order valence-electron chi connectivity index (χ4n) is 2.32. The summed E-state index contributed by atoms with van der Waals surface area (Å²) in [6, 6.07) is 18.1. The van der Waals surface area contributed by atoms with E-state index in [1.165, 1.54) is 11.1 Å². The lowest BCUT2D eigenvalue weighted by molar-refractivity contribution is 0.685. The van der Waals surface area contributed by atoms with Gasteiger partial charge in [0.05, 0.1) is 23.9 Å². The van der Waals surface area contributed by atoms with E-state index < -0.39 is 0 Å². The molecule has 0 aliphatic carbocycles. The van der Waals surface area contributed by atoms with E-state index in [0.717, 1.165) is 10.1 Å². The Morgan fingerprint density at radius 3 is 2.39 bits per heavy atom. The average molecular weight is 415 g/mol. The molecule has 1 heterocycles. The van der Waals surface area contributed by atoms with Crippen molar-refractivity contribution in [3.05, 3.63) is 77.9 Å².